The Morgan fingerprint density at radius 2 is 2.00 bits per heavy atom. The second-order valence-corrected chi connectivity index (χ2v) is 5.32. The van der Waals surface area contributed by atoms with Gasteiger partial charge in [0.1, 0.15) is 0 Å². The molecule has 1 N–H and O–H groups in total. The SMILES string of the molecule is CCC1CCC(NC)C(OCc2ccccc2)C1. The van der Waals surface area contributed by atoms with Crippen molar-refractivity contribution >= 4 is 0 Å². The summed E-state index contributed by atoms with van der Waals surface area (Å²) in [6, 6.07) is 11.0. The van der Waals surface area contributed by atoms with Gasteiger partial charge in [-0.2, -0.15) is 0 Å². The molecule has 1 aromatic rings. The van der Waals surface area contributed by atoms with Crippen molar-refractivity contribution in [2.24, 2.45) is 5.92 Å². The van der Waals surface area contributed by atoms with Crippen LogP contribution in [0.1, 0.15) is 38.2 Å². The molecular weight excluding hydrogens is 222 g/mol. The van der Waals surface area contributed by atoms with E-state index in [0.717, 1.165) is 12.5 Å². The molecule has 1 aliphatic rings. The topological polar surface area (TPSA) is 21.3 Å². The van der Waals surface area contributed by atoms with E-state index in [1.54, 1.807) is 0 Å². The fourth-order valence-corrected chi connectivity index (χ4v) is 2.87. The molecule has 1 aromatic carbocycles. The average Bonchev–Trinajstić information content (AvgIpc) is 2.45. The number of ether oxygens (including phenoxy) is 1. The van der Waals surface area contributed by atoms with Gasteiger partial charge in [-0.1, -0.05) is 43.7 Å². The first-order chi connectivity index (χ1) is 8.83. The first-order valence-corrected chi connectivity index (χ1v) is 7.16. The fourth-order valence-electron chi connectivity index (χ4n) is 2.87. The number of nitrogens with one attached hydrogen (secondary N) is 1. The van der Waals surface area contributed by atoms with Crippen LogP contribution in [0.15, 0.2) is 30.3 Å². The van der Waals surface area contributed by atoms with Gasteiger partial charge in [-0.05, 0) is 37.8 Å². The van der Waals surface area contributed by atoms with Gasteiger partial charge in [-0.3, -0.25) is 0 Å². The quantitative estimate of drug-likeness (QED) is 0.861. The summed E-state index contributed by atoms with van der Waals surface area (Å²) >= 11 is 0. The molecule has 0 bridgehead atoms. The molecule has 0 heterocycles. The number of rotatable bonds is 5. The molecule has 100 valence electrons. The minimum absolute atomic E-state index is 0.369. The van der Waals surface area contributed by atoms with Gasteiger partial charge >= 0.3 is 0 Å². The molecule has 2 heteroatoms. The largest absolute Gasteiger partial charge is 0.372 e. The summed E-state index contributed by atoms with van der Waals surface area (Å²) in [5.74, 6) is 0.843. The molecule has 0 amide bonds. The van der Waals surface area contributed by atoms with Crippen LogP contribution in [0.25, 0.3) is 0 Å². The Morgan fingerprint density at radius 1 is 1.22 bits per heavy atom. The summed E-state index contributed by atoms with van der Waals surface area (Å²) in [6.45, 7) is 3.03. The van der Waals surface area contributed by atoms with Crippen molar-refractivity contribution in [2.45, 2.75) is 51.4 Å². The van der Waals surface area contributed by atoms with Gasteiger partial charge in [-0.25, -0.2) is 0 Å². The lowest BCUT2D eigenvalue weighted by atomic mass is 9.82. The zero-order valence-electron chi connectivity index (χ0n) is 11.6. The van der Waals surface area contributed by atoms with Crippen LogP contribution in [0.2, 0.25) is 0 Å². The van der Waals surface area contributed by atoms with E-state index >= 15 is 0 Å². The summed E-state index contributed by atoms with van der Waals surface area (Å²) in [5, 5.41) is 3.41. The normalized spacial score (nSPS) is 28.2. The van der Waals surface area contributed by atoms with Crippen molar-refractivity contribution in [3.8, 4) is 0 Å². The zero-order chi connectivity index (χ0) is 12.8. The van der Waals surface area contributed by atoms with Gasteiger partial charge in [0, 0.05) is 6.04 Å². The Labute approximate surface area is 111 Å². The average molecular weight is 247 g/mol. The van der Waals surface area contributed by atoms with E-state index < -0.39 is 0 Å². The predicted octanol–water partition coefficient (Wildman–Crippen LogP) is 3.37. The van der Waals surface area contributed by atoms with Gasteiger partial charge in [0.05, 0.1) is 12.7 Å². The van der Waals surface area contributed by atoms with Gasteiger partial charge in [0.25, 0.3) is 0 Å². The van der Waals surface area contributed by atoms with Crippen molar-refractivity contribution in [3.05, 3.63) is 35.9 Å². The predicted molar refractivity (Wildman–Crippen MR) is 75.5 cm³/mol. The molecule has 0 aromatic heterocycles. The molecule has 18 heavy (non-hydrogen) atoms. The number of likely N-dealkylation sites (N-methyl/N-ethyl adjacent to an activating group) is 1. The lowest BCUT2D eigenvalue weighted by Crippen LogP contribution is -2.43. The van der Waals surface area contributed by atoms with Gasteiger partial charge < -0.3 is 10.1 Å². The Kier molecular flexibility index (Phi) is 5.21. The Hall–Kier alpha value is -0.860. The van der Waals surface area contributed by atoms with Crippen LogP contribution in [0, 0.1) is 5.92 Å². The van der Waals surface area contributed by atoms with E-state index in [9.17, 15) is 0 Å². The molecule has 0 saturated heterocycles. The number of hydrogen-bond acceptors (Lipinski definition) is 2. The van der Waals surface area contributed by atoms with Gasteiger partial charge in [0.2, 0.25) is 0 Å². The molecule has 1 saturated carbocycles. The van der Waals surface area contributed by atoms with Gasteiger partial charge in [-0.15, -0.1) is 0 Å². The van der Waals surface area contributed by atoms with E-state index in [0.29, 0.717) is 12.1 Å². The molecule has 1 fully saturated rings. The third-order valence-corrected chi connectivity index (χ3v) is 4.16. The molecule has 2 rings (SSSR count). The third-order valence-electron chi connectivity index (χ3n) is 4.16. The van der Waals surface area contributed by atoms with E-state index in [-0.39, 0.29) is 0 Å². The minimum atomic E-state index is 0.369. The minimum Gasteiger partial charge on any atom is -0.372 e. The first-order valence-electron chi connectivity index (χ1n) is 7.16. The third kappa shape index (κ3) is 3.56. The molecule has 3 atom stereocenters. The van der Waals surface area contributed by atoms with Crippen molar-refractivity contribution in [3.63, 3.8) is 0 Å². The molecular formula is C16H25NO. The van der Waals surface area contributed by atoms with E-state index in [4.69, 9.17) is 4.74 Å². The first kappa shape index (κ1) is 13.6. The highest BCUT2D eigenvalue weighted by Gasteiger charge is 2.29. The summed E-state index contributed by atoms with van der Waals surface area (Å²) in [6.07, 6.45) is 5.44. The highest BCUT2D eigenvalue weighted by Crippen LogP contribution is 2.29. The Bertz CT molecular complexity index is 338. The van der Waals surface area contributed by atoms with E-state index in [2.05, 4.69) is 43.6 Å². The smallest absolute Gasteiger partial charge is 0.0735 e. The summed E-state index contributed by atoms with van der Waals surface area (Å²) in [4.78, 5) is 0. The summed E-state index contributed by atoms with van der Waals surface area (Å²) < 4.78 is 6.14. The highest BCUT2D eigenvalue weighted by atomic mass is 16.5. The lowest BCUT2D eigenvalue weighted by molar-refractivity contribution is -0.0185. The maximum atomic E-state index is 6.14. The Balaban J connectivity index is 1.88. The van der Waals surface area contributed by atoms with Crippen molar-refractivity contribution in [2.75, 3.05) is 7.05 Å². The van der Waals surface area contributed by atoms with Crippen LogP contribution in [0.5, 0.6) is 0 Å². The van der Waals surface area contributed by atoms with E-state index in [1.165, 1.54) is 31.2 Å². The molecule has 0 aliphatic heterocycles. The van der Waals surface area contributed by atoms with Gasteiger partial charge in [0.15, 0.2) is 0 Å². The Morgan fingerprint density at radius 3 is 2.67 bits per heavy atom. The molecule has 3 unspecified atom stereocenters. The van der Waals surface area contributed by atoms with Crippen molar-refractivity contribution < 1.29 is 4.74 Å². The number of hydrogen-bond donors (Lipinski definition) is 1. The lowest BCUT2D eigenvalue weighted by Gasteiger charge is -2.35. The maximum Gasteiger partial charge on any atom is 0.0735 e. The number of benzene rings is 1. The molecule has 0 radical (unpaired) electrons. The molecule has 1 aliphatic carbocycles. The highest BCUT2D eigenvalue weighted by molar-refractivity contribution is 5.13. The second kappa shape index (κ2) is 6.91. The maximum absolute atomic E-state index is 6.14. The van der Waals surface area contributed by atoms with E-state index in [1.807, 2.05) is 6.07 Å². The standard InChI is InChI=1S/C16H25NO/c1-3-13-9-10-15(17-2)16(11-13)18-12-14-7-5-4-6-8-14/h4-8,13,15-17H,3,9-12H2,1-2H3. The van der Waals surface area contributed by atoms with Crippen LogP contribution in [-0.2, 0) is 11.3 Å². The van der Waals surface area contributed by atoms with Crippen molar-refractivity contribution in [1.29, 1.82) is 0 Å². The van der Waals surface area contributed by atoms with Crippen molar-refractivity contribution in [1.82, 2.24) is 5.32 Å². The molecule has 2 nitrogen and oxygen atoms in total. The fraction of sp³-hybridized carbons (Fsp3) is 0.625. The van der Waals surface area contributed by atoms with Crippen LogP contribution >= 0.6 is 0 Å². The van der Waals surface area contributed by atoms with Crippen LogP contribution in [-0.4, -0.2) is 19.2 Å². The van der Waals surface area contributed by atoms with Crippen LogP contribution in [0.4, 0.5) is 0 Å². The summed E-state index contributed by atoms with van der Waals surface area (Å²) in [7, 11) is 2.05. The second-order valence-electron chi connectivity index (χ2n) is 5.32. The molecule has 0 spiro atoms. The monoisotopic (exact) mass is 247 g/mol. The van der Waals surface area contributed by atoms with Crippen LogP contribution in [0.3, 0.4) is 0 Å². The van der Waals surface area contributed by atoms with Crippen LogP contribution < -0.4 is 5.32 Å². The summed E-state index contributed by atoms with van der Waals surface area (Å²) in [5.41, 5.74) is 1.27. The zero-order valence-corrected chi connectivity index (χ0v) is 11.6.